The normalized spacial score (nSPS) is 25.6. The van der Waals surface area contributed by atoms with Gasteiger partial charge in [-0.05, 0) is 15.9 Å². The molecule has 2 atom stereocenters. The Hall–Kier alpha value is -0.620. The fraction of sp³-hybridized carbons (Fsp3) is 0.600. The van der Waals surface area contributed by atoms with E-state index in [2.05, 4.69) is 21.1 Å². The maximum atomic E-state index is 10.3. The lowest BCUT2D eigenvalue weighted by Crippen LogP contribution is -2.41. The summed E-state index contributed by atoms with van der Waals surface area (Å²) in [5.41, 5.74) is 5.27. The number of nitrogens with zero attached hydrogens (tertiary/aromatic N) is 1. The van der Waals surface area contributed by atoms with Gasteiger partial charge in [0.15, 0.2) is 6.10 Å². The van der Waals surface area contributed by atoms with Gasteiger partial charge in [0, 0.05) is 6.42 Å². The minimum Gasteiger partial charge on any atom is -0.480 e. The molecule has 0 aromatic rings. The van der Waals surface area contributed by atoms with Crippen molar-refractivity contribution in [3.63, 3.8) is 0 Å². The second-order valence-corrected chi connectivity index (χ2v) is 3.09. The Labute approximate surface area is 71.3 Å². The molecule has 0 bridgehead atoms. The Morgan fingerprint density at radius 1 is 2.00 bits per heavy atom. The molecule has 0 saturated heterocycles. The zero-order chi connectivity index (χ0) is 8.43. The van der Waals surface area contributed by atoms with Crippen molar-refractivity contribution < 1.29 is 14.7 Å². The molecule has 1 unspecified atom stereocenters. The number of rotatable bonds is 2. The van der Waals surface area contributed by atoms with Crippen LogP contribution in [0.2, 0.25) is 0 Å². The predicted molar refractivity (Wildman–Crippen MR) is 41.5 cm³/mol. The van der Waals surface area contributed by atoms with Crippen LogP contribution in [0.1, 0.15) is 6.42 Å². The van der Waals surface area contributed by atoms with E-state index >= 15 is 0 Å². The first-order valence-corrected chi connectivity index (χ1v) is 3.77. The van der Waals surface area contributed by atoms with E-state index in [0.29, 0.717) is 11.0 Å². The van der Waals surface area contributed by atoms with Crippen molar-refractivity contribution in [1.29, 1.82) is 0 Å². The van der Waals surface area contributed by atoms with Crippen LogP contribution in [0.5, 0.6) is 0 Å². The number of nitrogens with two attached hydrogens (primary N) is 1. The van der Waals surface area contributed by atoms with Gasteiger partial charge >= 0.3 is 5.97 Å². The van der Waals surface area contributed by atoms with Crippen LogP contribution in [0.15, 0.2) is 5.16 Å². The number of halogens is 1. The van der Waals surface area contributed by atoms with Crippen molar-refractivity contribution in [1.82, 2.24) is 0 Å². The lowest BCUT2D eigenvalue weighted by Gasteiger charge is -2.11. The molecule has 0 saturated carbocycles. The number of aliphatic carboxylic acids is 1. The van der Waals surface area contributed by atoms with Gasteiger partial charge in [-0.3, -0.25) is 4.79 Å². The standard InChI is InChI=1S/C5H7BrN2O3/c6-3-1-2(11-8-3)4(7)5(9)10/h2,4H,1,7H2,(H,9,10)/t2-,4?/m1/s1. The summed E-state index contributed by atoms with van der Waals surface area (Å²) in [6.45, 7) is 0. The maximum Gasteiger partial charge on any atom is 0.324 e. The van der Waals surface area contributed by atoms with Crippen molar-refractivity contribution in [2.45, 2.75) is 18.6 Å². The van der Waals surface area contributed by atoms with Gasteiger partial charge in [0.05, 0.1) is 0 Å². The average Bonchev–Trinajstić information content (AvgIpc) is 2.34. The summed E-state index contributed by atoms with van der Waals surface area (Å²) >= 11 is 3.07. The van der Waals surface area contributed by atoms with Gasteiger partial charge in [0.25, 0.3) is 0 Å². The smallest absolute Gasteiger partial charge is 0.324 e. The average molecular weight is 223 g/mol. The Balaban J connectivity index is 2.47. The Bertz CT molecular complexity index is 206. The summed E-state index contributed by atoms with van der Waals surface area (Å²) in [5.74, 6) is -1.08. The monoisotopic (exact) mass is 222 g/mol. The molecule has 11 heavy (non-hydrogen) atoms. The largest absolute Gasteiger partial charge is 0.480 e. The zero-order valence-electron chi connectivity index (χ0n) is 5.53. The minimum atomic E-state index is -1.08. The molecular weight excluding hydrogens is 216 g/mol. The minimum absolute atomic E-state index is 0.424. The number of carboxylic acid groups (broad SMARTS) is 1. The van der Waals surface area contributed by atoms with Gasteiger partial charge in [-0.2, -0.15) is 0 Å². The molecule has 0 spiro atoms. The lowest BCUT2D eigenvalue weighted by molar-refractivity contribution is -0.141. The molecule has 0 fully saturated rings. The quantitative estimate of drug-likeness (QED) is 0.684. The molecule has 1 rings (SSSR count). The van der Waals surface area contributed by atoms with Crippen LogP contribution in [-0.4, -0.2) is 27.8 Å². The fourth-order valence-electron chi connectivity index (χ4n) is 0.717. The van der Waals surface area contributed by atoms with Crippen LogP contribution in [0, 0.1) is 0 Å². The summed E-state index contributed by atoms with van der Waals surface area (Å²) in [5, 5.41) is 12.0. The van der Waals surface area contributed by atoms with Gasteiger partial charge in [-0.15, -0.1) is 0 Å². The number of carbonyl (C=O) groups is 1. The van der Waals surface area contributed by atoms with Crippen LogP contribution in [0.4, 0.5) is 0 Å². The lowest BCUT2D eigenvalue weighted by atomic mass is 10.1. The Morgan fingerprint density at radius 2 is 2.64 bits per heavy atom. The van der Waals surface area contributed by atoms with Crippen LogP contribution in [0.3, 0.4) is 0 Å². The van der Waals surface area contributed by atoms with E-state index in [1.54, 1.807) is 0 Å². The van der Waals surface area contributed by atoms with Gasteiger partial charge in [-0.1, -0.05) is 5.16 Å². The topological polar surface area (TPSA) is 84.9 Å². The highest BCUT2D eigenvalue weighted by molar-refractivity contribution is 9.18. The van der Waals surface area contributed by atoms with Gasteiger partial charge in [0.2, 0.25) is 0 Å². The number of oxime groups is 1. The molecule has 3 N–H and O–H groups in total. The second-order valence-electron chi connectivity index (χ2n) is 2.18. The molecule has 62 valence electrons. The summed E-state index contributed by atoms with van der Waals surface area (Å²) in [7, 11) is 0. The van der Waals surface area contributed by atoms with Gasteiger partial charge < -0.3 is 15.7 Å². The first kappa shape index (κ1) is 8.48. The molecule has 1 aliphatic heterocycles. The van der Waals surface area contributed by atoms with Crippen molar-refractivity contribution in [2.75, 3.05) is 0 Å². The van der Waals surface area contributed by atoms with Crippen molar-refractivity contribution in [3.05, 3.63) is 0 Å². The van der Waals surface area contributed by atoms with E-state index in [-0.39, 0.29) is 0 Å². The first-order valence-electron chi connectivity index (χ1n) is 2.98. The Kier molecular flexibility index (Phi) is 2.45. The highest BCUT2D eigenvalue weighted by Gasteiger charge is 2.30. The van der Waals surface area contributed by atoms with E-state index < -0.39 is 18.1 Å². The summed E-state index contributed by atoms with van der Waals surface area (Å²) in [6.07, 6.45) is -0.116. The van der Waals surface area contributed by atoms with Crippen LogP contribution in [-0.2, 0) is 9.63 Å². The van der Waals surface area contributed by atoms with Crippen LogP contribution < -0.4 is 5.73 Å². The zero-order valence-corrected chi connectivity index (χ0v) is 7.11. The van der Waals surface area contributed by atoms with E-state index in [4.69, 9.17) is 15.7 Å². The predicted octanol–water partition coefficient (Wildman–Crippen LogP) is -0.104. The van der Waals surface area contributed by atoms with Crippen molar-refractivity contribution >= 4 is 26.5 Å². The number of hydrogen-bond donors (Lipinski definition) is 2. The van der Waals surface area contributed by atoms with Crippen molar-refractivity contribution in [2.24, 2.45) is 10.9 Å². The van der Waals surface area contributed by atoms with E-state index in [1.165, 1.54) is 0 Å². The molecule has 5 nitrogen and oxygen atoms in total. The fourth-order valence-corrected chi connectivity index (χ4v) is 1.12. The molecule has 0 aliphatic carbocycles. The third kappa shape index (κ3) is 1.90. The van der Waals surface area contributed by atoms with E-state index in [9.17, 15) is 4.79 Å². The summed E-state index contributed by atoms with van der Waals surface area (Å²) < 4.78 is 0.596. The first-order chi connectivity index (χ1) is 5.11. The molecule has 1 aliphatic rings. The second kappa shape index (κ2) is 3.19. The molecule has 0 aromatic carbocycles. The highest BCUT2D eigenvalue weighted by atomic mass is 79.9. The van der Waals surface area contributed by atoms with Crippen LogP contribution in [0.25, 0.3) is 0 Å². The molecule has 6 heteroatoms. The molecule has 0 radical (unpaired) electrons. The maximum absolute atomic E-state index is 10.3. The third-order valence-electron chi connectivity index (χ3n) is 1.34. The molecule has 0 aromatic heterocycles. The summed E-state index contributed by atoms with van der Waals surface area (Å²) in [4.78, 5) is 15.0. The van der Waals surface area contributed by atoms with Gasteiger partial charge in [0.1, 0.15) is 10.7 Å². The van der Waals surface area contributed by atoms with E-state index in [1.807, 2.05) is 0 Å². The Morgan fingerprint density at radius 3 is 3.00 bits per heavy atom. The number of carboxylic acids is 1. The molecule has 1 heterocycles. The number of hydrogen-bond acceptors (Lipinski definition) is 4. The molecular formula is C5H7BrN2O3. The third-order valence-corrected chi connectivity index (χ3v) is 1.81. The SMILES string of the molecule is NC(C(=O)O)[C@H]1CC(Br)=NO1. The summed E-state index contributed by atoms with van der Waals surface area (Å²) in [6, 6.07) is -1.01. The molecule has 0 amide bonds. The van der Waals surface area contributed by atoms with Crippen molar-refractivity contribution in [3.8, 4) is 0 Å². The van der Waals surface area contributed by atoms with E-state index in [0.717, 1.165) is 0 Å². The highest BCUT2D eigenvalue weighted by Crippen LogP contribution is 2.16. The van der Waals surface area contributed by atoms with Crippen LogP contribution >= 0.6 is 15.9 Å². The van der Waals surface area contributed by atoms with Gasteiger partial charge in [-0.25, -0.2) is 0 Å².